The third-order valence-corrected chi connectivity index (χ3v) is 4.94. The molecule has 0 saturated carbocycles. The van der Waals surface area contributed by atoms with E-state index in [9.17, 15) is 4.79 Å². The quantitative estimate of drug-likeness (QED) is 0.742. The van der Waals surface area contributed by atoms with Crippen LogP contribution in [0, 0.1) is 0 Å². The fraction of sp³-hybridized carbons (Fsp3) is 0.227. The van der Waals surface area contributed by atoms with E-state index >= 15 is 0 Å². The highest BCUT2D eigenvalue weighted by molar-refractivity contribution is 5.92. The zero-order chi connectivity index (χ0) is 19.3. The van der Waals surface area contributed by atoms with Crippen LogP contribution in [0.25, 0.3) is 0 Å². The van der Waals surface area contributed by atoms with Crippen molar-refractivity contribution in [1.82, 2.24) is 14.9 Å². The van der Waals surface area contributed by atoms with Gasteiger partial charge in [0, 0.05) is 25.2 Å². The van der Waals surface area contributed by atoms with Crippen LogP contribution in [0.5, 0.6) is 5.75 Å². The van der Waals surface area contributed by atoms with Gasteiger partial charge in [0.25, 0.3) is 5.91 Å². The van der Waals surface area contributed by atoms with Crippen LogP contribution < -0.4 is 10.1 Å². The van der Waals surface area contributed by atoms with Crippen LogP contribution >= 0.6 is 0 Å². The van der Waals surface area contributed by atoms with Crippen LogP contribution in [0.2, 0.25) is 0 Å². The lowest BCUT2D eigenvalue weighted by molar-refractivity contribution is 0.0728. The van der Waals surface area contributed by atoms with Crippen LogP contribution in [0.3, 0.4) is 0 Å². The van der Waals surface area contributed by atoms with Crippen molar-refractivity contribution in [2.24, 2.45) is 0 Å². The van der Waals surface area contributed by atoms with E-state index in [1.807, 2.05) is 41.3 Å². The van der Waals surface area contributed by atoms with E-state index in [0.717, 1.165) is 17.7 Å². The molecule has 142 valence electrons. The molecule has 1 aromatic heterocycles. The van der Waals surface area contributed by atoms with Gasteiger partial charge in [-0.15, -0.1) is 0 Å². The highest BCUT2D eigenvalue weighted by atomic mass is 16.5. The van der Waals surface area contributed by atoms with Crippen molar-refractivity contribution in [2.75, 3.05) is 19.0 Å². The predicted molar refractivity (Wildman–Crippen MR) is 107 cm³/mol. The molecular weight excluding hydrogens is 352 g/mol. The largest absolute Gasteiger partial charge is 0.496 e. The highest BCUT2D eigenvalue weighted by Crippen LogP contribution is 2.20. The molecular formula is C22H22N4O2. The number of carbonyl (C=O) groups is 1. The van der Waals surface area contributed by atoms with Gasteiger partial charge in [-0.05, 0) is 23.6 Å². The molecule has 4 rings (SSSR count). The lowest BCUT2D eigenvalue weighted by Crippen LogP contribution is -2.36. The van der Waals surface area contributed by atoms with Gasteiger partial charge in [-0.25, -0.2) is 9.97 Å². The van der Waals surface area contributed by atoms with Gasteiger partial charge in [0.2, 0.25) is 0 Å². The van der Waals surface area contributed by atoms with Crippen molar-refractivity contribution in [1.29, 1.82) is 0 Å². The number of amides is 1. The molecule has 2 aromatic carbocycles. The summed E-state index contributed by atoms with van der Waals surface area (Å²) in [4.78, 5) is 23.3. The molecule has 1 amide bonds. The number of ether oxygens (including phenoxy) is 1. The average molecular weight is 374 g/mol. The molecule has 6 nitrogen and oxygen atoms in total. The van der Waals surface area contributed by atoms with Gasteiger partial charge in [-0.2, -0.15) is 0 Å². The standard InChI is InChI=1S/C22H22N4O2/c1-28-20-9-5-4-7-17(20)12-24-21-14-23-19(13-25-21)22(27)26-11-10-16-6-2-3-8-18(16)15-26/h2-9,13-14H,10-12,15H2,1H3,(H,24,25). The van der Waals surface area contributed by atoms with Crippen molar-refractivity contribution >= 4 is 11.7 Å². The normalized spacial score (nSPS) is 13.0. The number of benzene rings is 2. The zero-order valence-corrected chi connectivity index (χ0v) is 15.8. The van der Waals surface area contributed by atoms with Crippen LogP contribution in [-0.2, 0) is 19.5 Å². The second-order valence-electron chi connectivity index (χ2n) is 6.70. The summed E-state index contributed by atoms with van der Waals surface area (Å²) in [6.07, 6.45) is 4.00. The average Bonchev–Trinajstić information content (AvgIpc) is 2.77. The Kier molecular flexibility index (Phi) is 5.19. The van der Waals surface area contributed by atoms with Crippen LogP contribution in [0.15, 0.2) is 60.9 Å². The topological polar surface area (TPSA) is 67.3 Å². The minimum atomic E-state index is -0.0849. The molecule has 1 N–H and O–H groups in total. The molecule has 0 bridgehead atoms. The first-order valence-corrected chi connectivity index (χ1v) is 9.28. The van der Waals surface area contributed by atoms with E-state index in [-0.39, 0.29) is 5.91 Å². The van der Waals surface area contributed by atoms with Gasteiger partial charge in [-0.3, -0.25) is 4.79 Å². The minimum Gasteiger partial charge on any atom is -0.496 e. The summed E-state index contributed by atoms with van der Waals surface area (Å²) in [7, 11) is 1.65. The molecule has 0 saturated heterocycles. The van der Waals surface area contributed by atoms with Crippen molar-refractivity contribution in [3.05, 3.63) is 83.3 Å². The molecule has 28 heavy (non-hydrogen) atoms. The number of para-hydroxylation sites is 1. The maximum Gasteiger partial charge on any atom is 0.274 e. The molecule has 6 heteroatoms. The SMILES string of the molecule is COc1ccccc1CNc1cnc(C(=O)N2CCc3ccccc3C2)cn1. The summed E-state index contributed by atoms with van der Waals surface area (Å²) in [5, 5.41) is 3.22. The summed E-state index contributed by atoms with van der Waals surface area (Å²) in [6, 6.07) is 16.1. The fourth-order valence-corrected chi connectivity index (χ4v) is 3.40. The van der Waals surface area contributed by atoms with Crippen LogP contribution in [0.4, 0.5) is 5.82 Å². The van der Waals surface area contributed by atoms with Gasteiger partial charge in [0.05, 0.1) is 19.5 Å². The molecule has 0 fully saturated rings. The third kappa shape index (κ3) is 3.81. The van der Waals surface area contributed by atoms with Gasteiger partial charge >= 0.3 is 0 Å². The van der Waals surface area contributed by atoms with Gasteiger partial charge in [0.15, 0.2) is 0 Å². The third-order valence-electron chi connectivity index (χ3n) is 4.94. The Balaban J connectivity index is 1.40. The van der Waals surface area contributed by atoms with Crippen molar-refractivity contribution in [3.8, 4) is 5.75 Å². The molecule has 0 atom stereocenters. The minimum absolute atomic E-state index is 0.0849. The molecule has 0 unspecified atom stereocenters. The molecule has 3 aromatic rings. The van der Waals surface area contributed by atoms with Gasteiger partial charge in [0.1, 0.15) is 17.3 Å². The number of anilines is 1. The number of carbonyl (C=O) groups excluding carboxylic acids is 1. The summed E-state index contributed by atoms with van der Waals surface area (Å²) < 4.78 is 5.35. The van der Waals surface area contributed by atoms with Gasteiger partial charge < -0.3 is 15.0 Å². The number of nitrogens with zero attached hydrogens (tertiary/aromatic N) is 3. The zero-order valence-electron chi connectivity index (χ0n) is 15.8. The smallest absolute Gasteiger partial charge is 0.274 e. The first-order chi connectivity index (χ1) is 13.7. The Morgan fingerprint density at radius 3 is 2.64 bits per heavy atom. The van der Waals surface area contributed by atoms with E-state index in [0.29, 0.717) is 31.1 Å². The lowest BCUT2D eigenvalue weighted by Gasteiger charge is -2.28. The van der Waals surface area contributed by atoms with Crippen LogP contribution in [-0.4, -0.2) is 34.4 Å². The number of fused-ring (bicyclic) bond motifs is 1. The summed E-state index contributed by atoms with van der Waals surface area (Å²) in [5.74, 6) is 1.35. The predicted octanol–water partition coefficient (Wildman–Crippen LogP) is 3.30. The number of aromatic nitrogens is 2. The van der Waals surface area contributed by atoms with Crippen molar-refractivity contribution in [3.63, 3.8) is 0 Å². The molecule has 0 spiro atoms. The summed E-state index contributed by atoms with van der Waals surface area (Å²) in [5.41, 5.74) is 3.90. The van der Waals surface area contributed by atoms with E-state index in [1.54, 1.807) is 13.3 Å². The molecule has 1 aliphatic rings. The maximum atomic E-state index is 12.8. The Labute approximate surface area is 164 Å². The summed E-state index contributed by atoms with van der Waals surface area (Å²) in [6.45, 7) is 1.88. The Morgan fingerprint density at radius 2 is 1.86 bits per heavy atom. The number of rotatable bonds is 5. The second kappa shape index (κ2) is 8.08. The maximum absolute atomic E-state index is 12.8. The van der Waals surface area contributed by atoms with E-state index in [2.05, 4.69) is 27.4 Å². The molecule has 1 aliphatic heterocycles. The van der Waals surface area contributed by atoms with Crippen molar-refractivity contribution in [2.45, 2.75) is 19.5 Å². The lowest BCUT2D eigenvalue weighted by atomic mass is 10.00. The first-order valence-electron chi connectivity index (χ1n) is 9.28. The number of hydrogen-bond acceptors (Lipinski definition) is 5. The number of methoxy groups -OCH3 is 1. The van der Waals surface area contributed by atoms with E-state index < -0.39 is 0 Å². The van der Waals surface area contributed by atoms with E-state index in [4.69, 9.17) is 4.74 Å². The fourth-order valence-electron chi connectivity index (χ4n) is 3.40. The Bertz CT molecular complexity index is 972. The number of nitrogens with one attached hydrogen (secondary N) is 1. The van der Waals surface area contributed by atoms with E-state index in [1.165, 1.54) is 17.3 Å². The monoisotopic (exact) mass is 374 g/mol. The molecule has 0 aliphatic carbocycles. The number of hydrogen-bond donors (Lipinski definition) is 1. The Hall–Kier alpha value is -3.41. The molecule has 2 heterocycles. The van der Waals surface area contributed by atoms with Crippen molar-refractivity contribution < 1.29 is 9.53 Å². The first kappa shape index (κ1) is 18.0. The van der Waals surface area contributed by atoms with Crippen LogP contribution in [0.1, 0.15) is 27.2 Å². The summed E-state index contributed by atoms with van der Waals surface area (Å²) >= 11 is 0. The molecule has 0 radical (unpaired) electrons. The van der Waals surface area contributed by atoms with Gasteiger partial charge in [-0.1, -0.05) is 42.5 Å². The second-order valence-corrected chi connectivity index (χ2v) is 6.70. The highest BCUT2D eigenvalue weighted by Gasteiger charge is 2.22. The Morgan fingerprint density at radius 1 is 1.07 bits per heavy atom.